The molecule has 1 aromatic carbocycles. The number of carbonyl (C=O) groups is 2. The van der Waals surface area contributed by atoms with Gasteiger partial charge in [0.1, 0.15) is 11.6 Å². The number of amides is 2. The third-order valence-electron chi connectivity index (χ3n) is 2.69. The summed E-state index contributed by atoms with van der Waals surface area (Å²) in [6, 6.07) is 6.34. The molecule has 0 spiro atoms. The number of primary amides is 1. The maximum atomic E-state index is 12.0. The lowest BCUT2D eigenvalue weighted by molar-refractivity contribution is -0.130. The van der Waals surface area contributed by atoms with E-state index in [1.54, 1.807) is 31.2 Å². The van der Waals surface area contributed by atoms with Gasteiger partial charge in [0.15, 0.2) is 0 Å². The summed E-state index contributed by atoms with van der Waals surface area (Å²) in [5.74, 6) is -1.05. The fourth-order valence-corrected chi connectivity index (χ4v) is 1.61. The molecule has 1 unspecified atom stereocenters. The van der Waals surface area contributed by atoms with Crippen LogP contribution in [0.1, 0.15) is 19.4 Å². The van der Waals surface area contributed by atoms with Crippen LogP contribution in [-0.2, 0) is 15.1 Å². The molecule has 5 nitrogen and oxygen atoms in total. The van der Waals surface area contributed by atoms with Crippen LogP contribution in [0, 0.1) is 0 Å². The largest absolute Gasteiger partial charge is 0.368 e. The Labute approximate surface area is 126 Å². The molecule has 0 aliphatic heterocycles. The van der Waals surface area contributed by atoms with Crippen LogP contribution < -0.4 is 16.8 Å². The van der Waals surface area contributed by atoms with E-state index >= 15 is 0 Å². The zero-order valence-electron chi connectivity index (χ0n) is 10.6. The molecule has 0 saturated heterocycles. The fraction of sp³-hybridized carbons (Fsp3) is 0.333. The smallest absolute Gasteiger partial charge is 0.245 e. The van der Waals surface area contributed by atoms with Crippen molar-refractivity contribution >= 4 is 40.2 Å². The van der Waals surface area contributed by atoms with E-state index in [0.29, 0.717) is 5.56 Å². The number of nitrogens with two attached hydrogens (primary N) is 2. The maximum Gasteiger partial charge on any atom is 0.245 e. The Balaban J connectivity index is 0.00000324. The van der Waals surface area contributed by atoms with Crippen LogP contribution in [0.2, 0.25) is 0 Å². The average molecular weight is 351 g/mol. The summed E-state index contributed by atoms with van der Waals surface area (Å²) < 4.78 is 0.896. The van der Waals surface area contributed by atoms with Crippen LogP contribution in [0.15, 0.2) is 28.7 Å². The highest BCUT2D eigenvalue weighted by Crippen LogP contribution is 2.20. The number of hydrogen-bond acceptors (Lipinski definition) is 3. The SMILES string of the molecule is C[C@H](NC(=O)C(C)(N)c1ccc(Br)cc1)C(N)=O.Cl. The minimum atomic E-state index is -1.22. The van der Waals surface area contributed by atoms with Crippen LogP contribution in [0.25, 0.3) is 0 Å². The van der Waals surface area contributed by atoms with Crippen molar-refractivity contribution < 1.29 is 9.59 Å². The van der Waals surface area contributed by atoms with Crippen molar-refractivity contribution in [1.82, 2.24) is 5.32 Å². The third kappa shape index (κ3) is 4.49. The summed E-state index contributed by atoms with van der Waals surface area (Å²) in [4.78, 5) is 22.9. The monoisotopic (exact) mass is 349 g/mol. The molecule has 0 saturated carbocycles. The summed E-state index contributed by atoms with van der Waals surface area (Å²) >= 11 is 3.31. The minimum absolute atomic E-state index is 0. The van der Waals surface area contributed by atoms with Gasteiger partial charge in [0.2, 0.25) is 11.8 Å². The molecule has 5 N–H and O–H groups in total. The lowest BCUT2D eigenvalue weighted by Crippen LogP contribution is -2.54. The fourth-order valence-electron chi connectivity index (χ4n) is 1.34. The van der Waals surface area contributed by atoms with Gasteiger partial charge in [0.25, 0.3) is 0 Å². The van der Waals surface area contributed by atoms with Gasteiger partial charge in [-0.25, -0.2) is 0 Å². The summed E-state index contributed by atoms with van der Waals surface area (Å²) in [6.45, 7) is 3.09. The predicted molar refractivity (Wildman–Crippen MR) is 79.7 cm³/mol. The van der Waals surface area contributed by atoms with E-state index in [1.807, 2.05) is 0 Å². The molecule has 19 heavy (non-hydrogen) atoms. The van der Waals surface area contributed by atoms with Gasteiger partial charge in [0, 0.05) is 4.47 Å². The van der Waals surface area contributed by atoms with E-state index in [0.717, 1.165) is 4.47 Å². The molecular formula is C12H17BrClN3O2. The Morgan fingerprint density at radius 1 is 1.32 bits per heavy atom. The number of rotatable bonds is 4. The van der Waals surface area contributed by atoms with Crippen molar-refractivity contribution in [2.45, 2.75) is 25.4 Å². The van der Waals surface area contributed by atoms with Gasteiger partial charge in [-0.15, -0.1) is 12.4 Å². The molecule has 106 valence electrons. The number of carbonyl (C=O) groups excluding carboxylic acids is 2. The highest BCUT2D eigenvalue weighted by Gasteiger charge is 2.31. The van der Waals surface area contributed by atoms with Crippen molar-refractivity contribution in [2.75, 3.05) is 0 Å². The zero-order chi connectivity index (χ0) is 13.9. The van der Waals surface area contributed by atoms with Crippen LogP contribution >= 0.6 is 28.3 Å². The third-order valence-corrected chi connectivity index (χ3v) is 3.22. The molecule has 7 heteroatoms. The van der Waals surface area contributed by atoms with E-state index in [2.05, 4.69) is 21.2 Å². The Morgan fingerprint density at radius 3 is 2.21 bits per heavy atom. The van der Waals surface area contributed by atoms with Crippen LogP contribution in [0.3, 0.4) is 0 Å². The Bertz CT molecular complexity index is 463. The second kappa shape index (κ2) is 6.88. The molecule has 0 aliphatic carbocycles. The van der Waals surface area contributed by atoms with Crippen molar-refractivity contribution in [2.24, 2.45) is 11.5 Å². The van der Waals surface area contributed by atoms with Gasteiger partial charge < -0.3 is 16.8 Å². The van der Waals surface area contributed by atoms with Gasteiger partial charge >= 0.3 is 0 Å². The molecule has 0 bridgehead atoms. The van der Waals surface area contributed by atoms with Gasteiger partial charge in [-0.3, -0.25) is 9.59 Å². The molecule has 0 radical (unpaired) electrons. The normalized spacial score (nSPS) is 14.7. The Kier molecular flexibility index (Phi) is 6.48. The summed E-state index contributed by atoms with van der Waals surface area (Å²) in [7, 11) is 0. The van der Waals surface area contributed by atoms with Gasteiger partial charge in [-0.2, -0.15) is 0 Å². The van der Waals surface area contributed by atoms with Crippen LogP contribution in [-0.4, -0.2) is 17.9 Å². The van der Waals surface area contributed by atoms with Crippen molar-refractivity contribution in [1.29, 1.82) is 0 Å². The molecule has 1 rings (SSSR count). The summed E-state index contributed by atoms with van der Waals surface area (Å²) in [5.41, 5.74) is 10.5. The first-order chi connectivity index (χ1) is 8.25. The van der Waals surface area contributed by atoms with Crippen molar-refractivity contribution in [3.63, 3.8) is 0 Å². The second-order valence-corrected chi connectivity index (χ2v) is 5.22. The van der Waals surface area contributed by atoms with E-state index in [4.69, 9.17) is 11.5 Å². The van der Waals surface area contributed by atoms with E-state index < -0.39 is 23.4 Å². The van der Waals surface area contributed by atoms with Crippen molar-refractivity contribution in [3.05, 3.63) is 34.3 Å². The summed E-state index contributed by atoms with van der Waals surface area (Å²) in [5, 5.41) is 2.48. The number of halogens is 2. The first-order valence-corrected chi connectivity index (χ1v) is 6.19. The molecule has 0 heterocycles. The first kappa shape index (κ1) is 17.9. The van der Waals surface area contributed by atoms with Gasteiger partial charge in [-0.05, 0) is 31.5 Å². The summed E-state index contributed by atoms with van der Waals surface area (Å²) in [6.07, 6.45) is 0. The zero-order valence-corrected chi connectivity index (χ0v) is 13.0. The highest BCUT2D eigenvalue weighted by atomic mass is 79.9. The molecule has 0 aromatic heterocycles. The van der Waals surface area contributed by atoms with E-state index in [-0.39, 0.29) is 12.4 Å². The second-order valence-electron chi connectivity index (χ2n) is 4.31. The quantitative estimate of drug-likeness (QED) is 0.756. The topological polar surface area (TPSA) is 98.2 Å². The Hall–Kier alpha value is -1.11. The molecule has 1 aromatic rings. The average Bonchev–Trinajstić information content (AvgIpc) is 2.29. The number of nitrogens with one attached hydrogen (secondary N) is 1. The lowest BCUT2D eigenvalue weighted by Gasteiger charge is -2.25. The van der Waals surface area contributed by atoms with Gasteiger partial charge in [0.05, 0.1) is 0 Å². The highest BCUT2D eigenvalue weighted by molar-refractivity contribution is 9.10. The lowest BCUT2D eigenvalue weighted by atomic mass is 9.92. The predicted octanol–water partition coefficient (Wildman–Crippen LogP) is 1.03. The first-order valence-electron chi connectivity index (χ1n) is 5.40. The number of benzene rings is 1. The van der Waals surface area contributed by atoms with Crippen LogP contribution in [0.4, 0.5) is 0 Å². The molecule has 2 amide bonds. The maximum absolute atomic E-state index is 12.0. The minimum Gasteiger partial charge on any atom is -0.368 e. The standard InChI is InChI=1S/C12H16BrN3O2.ClH/c1-7(10(14)17)16-11(18)12(2,15)8-3-5-9(13)6-4-8;/h3-7H,15H2,1-2H3,(H2,14,17)(H,16,18);1H/t7-,12?;/m0./s1. The molecule has 2 atom stereocenters. The Morgan fingerprint density at radius 2 is 1.79 bits per heavy atom. The molecule has 0 fully saturated rings. The molecular weight excluding hydrogens is 334 g/mol. The number of hydrogen-bond donors (Lipinski definition) is 3. The molecule has 0 aliphatic rings. The van der Waals surface area contributed by atoms with E-state index in [1.165, 1.54) is 6.92 Å². The van der Waals surface area contributed by atoms with Crippen molar-refractivity contribution in [3.8, 4) is 0 Å². The van der Waals surface area contributed by atoms with Gasteiger partial charge in [-0.1, -0.05) is 28.1 Å². The van der Waals surface area contributed by atoms with E-state index in [9.17, 15) is 9.59 Å². The van der Waals surface area contributed by atoms with Crippen LogP contribution in [0.5, 0.6) is 0 Å².